The summed E-state index contributed by atoms with van der Waals surface area (Å²) < 4.78 is 39.8. The third kappa shape index (κ3) is 3.62. The molecule has 0 bridgehead atoms. The molecule has 0 radical (unpaired) electrons. The Morgan fingerprint density at radius 3 is 2.77 bits per heavy atom. The van der Waals surface area contributed by atoms with Crippen molar-refractivity contribution in [3.63, 3.8) is 0 Å². The van der Waals surface area contributed by atoms with Crippen molar-refractivity contribution in [1.29, 1.82) is 0 Å². The quantitative estimate of drug-likeness (QED) is 0.901. The summed E-state index contributed by atoms with van der Waals surface area (Å²) in [6.45, 7) is 4.13. The van der Waals surface area contributed by atoms with Gasteiger partial charge in [0.05, 0.1) is 5.69 Å². The maximum atomic E-state index is 12.9. The van der Waals surface area contributed by atoms with Gasteiger partial charge >= 0.3 is 6.18 Å². The molecule has 0 aliphatic carbocycles. The molecule has 124 valence electrons. The van der Waals surface area contributed by atoms with Crippen molar-refractivity contribution in [2.24, 2.45) is 0 Å². The lowest BCUT2D eigenvalue weighted by Crippen LogP contribution is -2.44. The Bertz CT molecular complexity index is 568. The number of hydrogen-bond donors (Lipinski definition) is 1. The second-order valence-corrected chi connectivity index (χ2v) is 5.77. The monoisotopic (exact) mass is 317 g/mol. The van der Waals surface area contributed by atoms with Crippen molar-refractivity contribution in [3.8, 4) is 0 Å². The minimum absolute atomic E-state index is 0.0460. The summed E-state index contributed by atoms with van der Waals surface area (Å²) >= 11 is 0. The molecule has 0 saturated carbocycles. The molecule has 0 fully saturated rings. The molecular formula is C15H22F3N3O. The normalized spacial score (nSPS) is 19.4. The molecule has 0 aromatic carbocycles. The Balaban J connectivity index is 2.30. The maximum Gasteiger partial charge on any atom is 0.408 e. The molecule has 2 heterocycles. The lowest BCUT2D eigenvalue weighted by atomic mass is 9.95. The molecule has 1 aromatic rings. The van der Waals surface area contributed by atoms with Crippen LogP contribution in [0.3, 0.4) is 0 Å². The van der Waals surface area contributed by atoms with Crippen LogP contribution in [-0.2, 0) is 6.54 Å². The van der Waals surface area contributed by atoms with Crippen LogP contribution in [0.25, 0.3) is 0 Å². The van der Waals surface area contributed by atoms with E-state index in [0.717, 1.165) is 25.7 Å². The zero-order valence-electron chi connectivity index (χ0n) is 12.9. The highest BCUT2D eigenvalue weighted by Crippen LogP contribution is 2.30. The molecule has 22 heavy (non-hydrogen) atoms. The third-order valence-corrected chi connectivity index (χ3v) is 4.19. The van der Waals surface area contributed by atoms with Crippen molar-refractivity contribution in [3.05, 3.63) is 22.1 Å². The molecular weight excluding hydrogens is 295 g/mol. The van der Waals surface area contributed by atoms with Crippen LogP contribution in [0.4, 0.5) is 19.1 Å². The van der Waals surface area contributed by atoms with Crippen LogP contribution in [0.1, 0.15) is 57.6 Å². The first-order valence-electron chi connectivity index (χ1n) is 7.81. The first kappa shape index (κ1) is 16.8. The highest BCUT2D eigenvalue weighted by molar-refractivity contribution is 5.32. The van der Waals surface area contributed by atoms with Crippen LogP contribution >= 0.6 is 0 Å². The number of unbranched alkanes of at least 4 members (excludes halogenated alkanes) is 1. The Hall–Kier alpha value is -1.53. The van der Waals surface area contributed by atoms with Crippen molar-refractivity contribution in [2.45, 2.75) is 70.6 Å². The van der Waals surface area contributed by atoms with Crippen LogP contribution in [-0.4, -0.2) is 21.8 Å². The van der Waals surface area contributed by atoms with Gasteiger partial charge in [-0.25, -0.2) is 4.98 Å². The number of rotatable bonds is 5. The first-order valence-corrected chi connectivity index (χ1v) is 7.81. The summed E-state index contributed by atoms with van der Waals surface area (Å²) in [6, 6.07) is -0.159. The van der Waals surface area contributed by atoms with Crippen LogP contribution in [0.5, 0.6) is 0 Å². The third-order valence-electron chi connectivity index (χ3n) is 4.19. The molecule has 1 aliphatic heterocycles. The smallest absolute Gasteiger partial charge is 0.344 e. The largest absolute Gasteiger partial charge is 0.408 e. The fraction of sp³-hybridized carbons (Fsp3) is 0.733. The van der Waals surface area contributed by atoms with Gasteiger partial charge in [0.25, 0.3) is 5.56 Å². The van der Waals surface area contributed by atoms with E-state index in [1.165, 1.54) is 10.6 Å². The van der Waals surface area contributed by atoms with Crippen LogP contribution in [0.2, 0.25) is 0 Å². The minimum atomic E-state index is -4.33. The zero-order chi connectivity index (χ0) is 16.3. The number of anilines is 1. The number of alkyl halides is 3. The van der Waals surface area contributed by atoms with Crippen LogP contribution in [0, 0.1) is 0 Å². The Morgan fingerprint density at radius 1 is 1.45 bits per heavy atom. The van der Waals surface area contributed by atoms with Gasteiger partial charge in [0, 0.05) is 18.5 Å². The van der Waals surface area contributed by atoms with Gasteiger partial charge in [-0.2, -0.15) is 13.2 Å². The van der Waals surface area contributed by atoms with Gasteiger partial charge in [-0.15, -0.1) is 0 Å². The number of halogens is 3. The zero-order valence-corrected chi connectivity index (χ0v) is 12.9. The molecule has 0 amide bonds. The summed E-state index contributed by atoms with van der Waals surface area (Å²) in [6.07, 6.45) is -0.716. The lowest BCUT2D eigenvalue weighted by Gasteiger charge is -2.29. The van der Waals surface area contributed by atoms with E-state index in [0.29, 0.717) is 5.69 Å². The SMILES string of the molecule is CCCCC(CC)c1cc(=O)n2c(n1)NC(C(F)(F)F)CC2. The van der Waals surface area contributed by atoms with E-state index < -0.39 is 12.2 Å². The molecule has 0 spiro atoms. The van der Waals surface area contributed by atoms with Crippen molar-refractivity contribution in [1.82, 2.24) is 9.55 Å². The van der Waals surface area contributed by atoms with E-state index in [1.807, 2.05) is 6.92 Å². The predicted octanol–water partition coefficient (Wildman–Crippen LogP) is 3.67. The van der Waals surface area contributed by atoms with E-state index in [9.17, 15) is 18.0 Å². The second-order valence-electron chi connectivity index (χ2n) is 5.77. The van der Waals surface area contributed by atoms with Gasteiger partial charge in [0.1, 0.15) is 6.04 Å². The van der Waals surface area contributed by atoms with E-state index in [1.54, 1.807) is 0 Å². The molecule has 7 heteroatoms. The van der Waals surface area contributed by atoms with E-state index in [-0.39, 0.29) is 30.4 Å². The molecule has 2 unspecified atom stereocenters. The summed E-state index contributed by atoms with van der Waals surface area (Å²) in [4.78, 5) is 16.5. The molecule has 1 N–H and O–H groups in total. The fourth-order valence-electron chi connectivity index (χ4n) is 2.80. The van der Waals surface area contributed by atoms with Gasteiger partial charge in [-0.1, -0.05) is 26.7 Å². The van der Waals surface area contributed by atoms with Crippen molar-refractivity contribution in [2.75, 3.05) is 5.32 Å². The summed E-state index contributed by atoms with van der Waals surface area (Å²) in [5.41, 5.74) is 0.325. The second kappa shape index (κ2) is 6.71. The number of nitrogens with zero attached hydrogens (tertiary/aromatic N) is 2. The summed E-state index contributed by atoms with van der Waals surface area (Å²) in [5, 5.41) is 2.38. The molecule has 2 rings (SSSR count). The summed E-state index contributed by atoms with van der Waals surface area (Å²) in [7, 11) is 0. The standard InChI is InChI=1S/C15H22F3N3O/c1-3-5-6-10(4-2)11-9-13(22)21-8-7-12(15(16,17)18)20-14(21)19-11/h9-10,12H,3-8H2,1-2H3,(H,19,20). The Kier molecular flexibility index (Phi) is 5.13. The Labute approximate surface area is 127 Å². The molecule has 1 aliphatic rings. The minimum Gasteiger partial charge on any atom is -0.344 e. The predicted molar refractivity (Wildman–Crippen MR) is 79.1 cm³/mol. The average Bonchev–Trinajstić information content (AvgIpc) is 2.46. The molecule has 2 atom stereocenters. The molecule has 1 aromatic heterocycles. The molecule has 0 saturated heterocycles. The number of fused-ring (bicyclic) bond motifs is 1. The first-order chi connectivity index (χ1) is 10.4. The number of nitrogens with one attached hydrogen (secondary N) is 1. The van der Waals surface area contributed by atoms with Gasteiger partial charge in [0.15, 0.2) is 0 Å². The van der Waals surface area contributed by atoms with E-state index >= 15 is 0 Å². The molecule has 4 nitrogen and oxygen atoms in total. The van der Waals surface area contributed by atoms with Gasteiger partial charge < -0.3 is 5.32 Å². The highest BCUT2D eigenvalue weighted by atomic mass is 19.4. The fourth-order valence-corrected chi connectivity index (χ4v) is 2.80. The Morgan fingerprint density at radius 2 is 2.18 bits per heavy atom. The van der Waals surface area contributed by atoms with Crippen molar-refractivity contribution >= 4 is 5.95 Å². The van der Waals surface area contributed by atoms with Crippen LogP contribution < -0.4 is 10.9 Å². The van der Waals surface area contributed by atoms with E-state index in [2.05, 4.69) is 17.2 Å². The average molecular weight is 317 g/mol. The van der Waals surface area contributed by atoms with Crippen LogP contribution in [0.15, 0.2) is 10.9 Å². The van der Waals surface area contributed by atoms with Gasteiger partial charge in [-0.3, -0.25) is 9.36 Å². The number of aromatic nitrogens is 2. The summed E-state index contributed by atoms with van der Waals surface area (Å²) in [5.74, 6) is 0.164. The van der Waals surface area contributed by atoms with Crippen molar-refractivity contribution < 1.29 is 13.2 Å². The number of hydrogen-bond acceptors (Lipinski definition) is 3. The highest BCUT2D eigenvalue weighted by Gasteiger charge is 2.42. The lowest BCUT2D eigenvalue weighted by molar-refractivity contribution is -0.145. The maximum absolute atomic E-state index is 12.9. The van der Waals surface area contributed by atoms with Gasteiger partial charge in [0.2, 0.25) is 5.95 Å². The topological polar surface area (TPSA) is 46.9 Å². The van der Waals surface area contributed by atoms with Gasteiger partial charge in [-0.05, 0) is 19.3 Å². The van der Waals surface area contributed by atoms with E-state index in [4.69, 9.17) is 0 Å².